The first kappa shape index (κ1) is 14.9. The first-order valence-electron chi connectivity index (χ1n) is 5.63. The van der Waals surface area contributed by atoms with Crippen LogP contribution in [0.1, 0.15) is 30.6 Å². The highest BCUT2D eigenvalue weighted by Gasteiger charge is 2.20. The molecule has 0 aliphatic heterocycles. The third-order valence-electron chi connectivity index (χ3n) is 2.57. The van der Waals surface area contributed by atoms with Gasteiger partial charge in [-0.2, -0.15) is 0 Å². The van der Waals surface area contributed by atoms with Crippen LogP contribution in [-0.2, 0) is 4.79 Å². The quantitative estimate of drug-likeness (QED) is 0.739. The summed E-state index contributed by atoms with van der Waals surface area (Å²) in [6, 6.07) is 1.65. The summed E-state index contributed by atoms with van der Waals surface area (Å²) in [5.41, 5.74) is 6.87. The van der Waals surface area contributed by atoms with Gasteiger partial charge in [-0.05, 0) is 25.0 Å². The molecule has 100 valence electrons. The lowest BCUT2D eigenvalue weighted by molar-refractivity contribution is -0.109. The van der Waals surface area contributed by atoms with Crippen LogP contribution in [0.15, 0.2) is 12.3 Å². The number of aliphatic hydroxyl groups excluding tert-OH is 2. The number of hydrogen-bond donors (Lipinski definition) is 3. The molecule has 5 nitrogen and oxygen atoms in total. The van der Waals surface area contributed by atoms with E-state index in [0.29, 0.717) is 23.6 Å². The van der Waals surface area contributed by atoms with Crippen molar-refractivity contribution < 1.29 is 15.0 Å². The summed E-state index contributed by atoms with van der Waals surface area (Å²) >= 11 is 1.13. The third-order valence-corrected chi connectivity index (χ3v) is 3.42. The molecule has 0 aliphatic rings. The van der Waals surface area contributed by atoms with E-state index in [1.807, 2.05) is 0 Å². The van der Waals surface area contributed by atoms with E-state index in [1.54, 1.807) is 13.0 Å². The Morgan fingerprint density at radius 3 is 2.78 bits per heavy atom. The number of thioether (sulfide) groups is 1. The van der Waals surface area contributed by atoms with Gasteiger partial charge in [0.2, 0.25) is 0 Å². The van der Waals surface area contributed by atoms with Crippen LogP contribution in [0.5, 0.6) is 0 Å². The molecule has 0 fully saturated rings. The molecule has 0 radical (unpaired) electrons. The standard InChI is InChI=1S/C12H18N2O3S/c1-7-5-11(13)14-6-9(7)12(17)10(16)3-4-18-8(2)15/h5-6,10,12,16-17H,3-4H2,1-2H3,(H2,13,14). The number of aryl methyl sites for hydroxylation is 1. The highest BCUT2D eigenvalue weighted by atomic mass is 32.2. The Hall–Kier alpha value is -1.11. The molecule has 2 atom stereocenters. The van der Waals surface area contributed by atoms with Gasteiger partial charge in [0.1, 0.15) is 11.9 Å². The Balaban J connectivity index is 2.62. The highest BCUT2D eigenvalue weighted by Crippen LogP contribution is 2.23. The number of carbonyl (C=O) groups is 1. The molecule has 1 rings (SSSR count). The molecule has 18 heavy (non-hydrogen) atoms. The lowest BCUT2D eigenvalue weighted by atomic mass is 10.0. The Kier molecular flexibility index (Phi) is 5.58. The number of hydrogen-bond acceptors (Lipinski definition) is 6. The zero-order valence-electron chi connectivity index (χ0n) is 10.5. The van der Waals surface area contributed by atoms with Gasteiger partial charge in [-0.15, -0.1) is 0 Å². The first-order chi connectivity index (χ1) is 8.41. The van der Waals surface area contributed by atoms with Crippen molar-refractivity contribution in [2.24, 2.45) is 0 Å². The van der Waals surface area contributed by atoms with Crippen LogP contribution in [0.25, 0.3) is 0 Å². The van der Waals surface area contributed by atoms with Gasteiger partial charge in [0.25, 0.3) is 0 Å². The largest absolute Gasteiger partial charge is 0.390 e. The molecule has 0 aliphatic carbocycles. The van der Waals surface area contributed by atoms with Crippen LogP contribution in [0, 0.1) is 6.92 Å². The van der Waals surface area contributed by atoms with Crippen molar-refractivity contribution in [1.82, 2.24) is 4.98 Å². The van der Waals surface area contributed by atoms with Crippen LogP contribution in [0.2, 0.25) is 0 Å². The Morgan fingerprint density at radius 1 is 1.56 bits per heavy atom. The molecule has 1 heterocycles. The number of nitrogens with two attached hydrogens (primary N) is 1. The lowest BCUT2D eigenvalue weighted by Gasteiger charge is -2.19. The second-order valence-corrected chi connectivity index (χ2v) is 5.38. The van der Waals surface area contributed by atoms with Crippen molar-refractivity contribution in [3.8, 4) is 0 Å². The summed E-state index contributed by atoms with van der Waals surface area (Å²) in [7, 11) is 0. The highest BCUT2D eigenvalue weighted by molar-refractivity contribution is 8.13. The van der Waals surface area contributed by atoms with Crippen molar-refractivity contribution in [3.63, 3.8) is 0 Å². The SMILES string of the molecule is CC(=O)SCCC(O)C(O)c1cnc(N)cc1C. The van der Waals surface area contributed by atoms with Gasteiger partial charge in [0.05, 0.1) is 6.10 Å². The number of aromatic nitrogens is 1. The van der Waals surface area contributed by atoms with Crippen molar-refractivity contribution in [2.75, 3.05) is 11.5 Å². The number of nitrogen functional groups attached to an aromatic ring is 1. The monoisotopic (exact) mass is 270 g/mol. The zero-order chi connectivity index (χ0) is 13.7. The van der Waals surface area contributed by atoms with Gasteiger partial charge in [-0.1, -0.05) is 11.8 Å². The summed E-state index contributed by atoms with van der Waals surface area (Å²) in [6.45, 7) is 3.27. The van der Waals surface area contributed by atoms with Gasteiger partial charge in [0.15, 0.2) is 5.12 Å². The molecule has 4 N–H and O–H groups in total. The van der Waals surface area contributed by atoms with Crippen LogP contribution in [0.4, 0.5) is 5.82 Å². The molecule has 6 heteroatoms. The number of carbonyl (C=O) groups excluding carboxylic acids is 1. The third kappa shape index (κ3) is 4.29. The fourth-order valence-electron chi connectivity index (χ4n) is 1.59. The van der Waals surface area contributed by atoms with Crippen LogP contribution < -0.4 is 5.73 Å². The molecule has 0 saturated heterocycles. The molecule has 0 saturated carbocycles. The average Bonchev–Trinajstić information content (AvgIpc) is 2.27. The predicted octanol–water partition coefficient (Wildman–Crippen LogP) is 1.04. The number of anilines is 1. The Labute approximate surface area is 110 Å². The zero-order valence-corrected chi connectivity index (χ0v) is 11.3. The molecular weight excluding hydrogens is 252 g/mol. The summed E-state index contributed by atoms with van der Waals surface area (Å²) in [4.78, 5) is 14.7. The minimum atomic E-state index is -1.01. The van der Waals surface area contributed by atoms with Crippen molar-refractivity contribution >= 4 is 22.7 Å². The van der Waals surface area contributed by atoms with Gasteiger partial charge >= 0.3 is 0 Å². The summed E-state index contributed by atoms with van der Waals surface area (Å²) in [5.74, 6) is 0.861. The smallest absolute Gasteiger partial charge is 0.185 e. The molecule has 0 aromatic carbocycles. The van der Waals surface area contributed by atoms with E-state index in [9.17, 15) is 15.0 Å². The lowest BCUT2D eigenvalue weighted by Crippen LogP contribution is -2.20. The van der Waals surface area contributed by atoms with E-state index >= 15 is 0 Å². The minimum absolute atomic E-state index is 0.00187. The van der Waals surface area contributed by atoms with Gasteiger partial charge in [-0.3, -0.25) is 4.79 Å². The normalized spacial score (nSPS) is 14.2. The summed E-state index contributed by atoms with van der Waals surface area (Å²) in [6.07, 6.45) is -0.113. The summed E-state index contributed by atoms with van der Waals surface area (Å²) < 4.78 is 0. The molecule has 0 bridgehead atoms. The molecule has 0 amide bonds. The predicted molar refractivity (Wildman–Crippen MR) is 72.1 cm³/mol. The molecule has 0 spiro atoms. The second kappa shape index (κ2) is 6.72. The summed E-state index contributed by atoms with van der Waals surface area (Å²) in [5, 5.41) is 19.8. The van der Waals surface area contributed by atoms with E-state index in [0.717, 1.165) is 17.3 Å². The number of nitrogens with zero attached hydrogens (tertiary/aromatic N) is 1. The van der Waals surface area contributed by atoms with Crippen LogP contribution in [-0.4, -0.2) is 32.2 Å². The molecule has 1 aromatic rings. The number of pyridine rings is 1. The van der Waals surface area contributed by atoms with E-state index in [2.05, 4.69) is 4.98 Å². The Bertz CT molecular complexity index is 426. The van der Waals surface area contributed by atoms with Crippen molar-refractivity contribution in [2.45, 2.75) is 32.5 Å². The van der Waals surface area contributed by atoms with Crippen LogP contribution in [0.3, 0.4) is 0 Å². The van der Waals surface area contributed by atoms with Gasteiger partial charge < -0.3 is 15.9 Å². The first-order valence-corrected chi connectivity index (χ1v) is 6.62. The van der Waals surface area contributed by atoms with Gasteiger partial charge in [-0.25, -0.2) is 4.98 Å². The van der Waals surface area contributed by atoms with Crippen LogP contribution >= 0.6 is 11.8 Å². The average molecular weight is 270 g/mol. The Morgan fingerprint density at radius 2 is 2.22 bits per heavy atom. The van der Waals surface area contributed by atoms with E-state index in [4.69, 9.17) is 5.73 Å². The second-order valence-electron chi connectivity index (χ2n) is 4.11. The van der Waals surface area contributed by atoms with Gasteiger partial charge in [0, 0.05) is 24.4 Å². The fraction of sp³-hybridized carbons (Fsp3) is 0.500. The topological polar surface area (TPSA) is 96.4 Å². The molecule has 2 unspecified atom stereocenters. The van der Waals surface area contributed by atoms with E-state index in [-0.39, 0.29) is 5.12 Å². The maximum atomic E-state index is 10.8. The molecular formula is C12H18N2O3S. The van der Waals surface area contributed by atoms with Crippen molar-refractivity contribution in [3.05, 3.63) is 23.4 Å². The molecule has 1 aromatic heterocycles. The fourth-order valence-corrected chi connectivity index (χ4v) is 2.23. The number of rotatable bonds is 5. The maximum Gasteiger partial charge on any atom is 0.185 e. The van der Waals surface area contributed by atoms with Crippen molar-refractivity contribution in [1.29, 1.82) is 0 Å². The maximum absolute atomic E-state index is 10.8. The number of aliphatic hydroxyl groups is 2. The van der Waals surface area contributed by atoms with E-state index < -0.39 is 12.2 Å². The van der Waals surface area contributed by atoms with E-state index in [1.165, 1.54) is 13.1 Å². The minimum Gasteiger partial charge on any atom is -0.390 e.